The van der Waals surface area contributed by atoms with Crippen LogP contribution in [0.1, 0.15) is 25.3 Å². The van der Waals surface area contributed by atoms with E-state index in [0.717, 1.165) is 0 Å². The predicted molar refractivity (Wildman–Crippen MR) is 69.7 cm³/mol. The van der Waals surface area contributed by atoms with Gasteiger partial charge >= 0.3 is 5.97 Å². The number of hydrogen-bond donors (Lipinski definition) is 1. The fraction of sp³-hybridized carbons (Fsp3) is 0.462. The van der Waals surface area contributed by atoms with Gasteiger partial charge in [0.15, 0.2) is 0 Å². The Morgan fingerprint density at radius 3 is 2.84 bits per heavy atom. The van der Waals surface area contributed by atoms with E-state index in [2.05, 4.69) is 15.9 Å². The summed E-state index contributed by atoms with van der Waals surface area (Å²) in [5.74, 6) is -2.28. The van der Waals surface area contributed by atoms with Crippen LogP contribution in [-0.4, -0.2) is 28.1 Å². The summed E-state index contributed by atoms with van der Waals surface area (Å²) in [7, 11) is 0. The van der Waals surface area contributed by atoms with Crippen molar-refractivity contribution in [3.63, 3.8) is 0 Å². The lowest BCUT2D eigenvalue weighted by Gasteiger charge is -2.31. The molecule has 19 heavy (non-hydrogen) atoms. The molecule has 3 nitrogen and oxygen atoms in total. The van der Waals surface area contributed by atoms with Crippen LogP contribution in [-0.2, 0) is 11.3 Å². The average Bonchev–Trinajstić information content (AvgIpc) is 2.73. The lowest BCUT2D eigenvalue weighted by molar-refractivity contribution is -0.149. The molecule has 104 valence electrons. The second kappa shape index (κ2) is 5.17. The van der Waals surface area contributed by atoms with Crippen LogP contribution >= 0.6 is 15.9 Å². The second-order valence-electron chi connectivity index (χ2n) is 4.93. The largest absolute Gasteiger partial charge is 0.480 e. The van der Waals surface area contributed by atoms with E-state index in [1.54, 1.807) is 11.8 Å². The molecule has 1 aliphatic rings. The third kappa shape index (κ3) is 2.51. The van der Waals surface area contributed by atoms with E-state index in [9.17, 15) is 18.7 Å². The topological polar surface area (TPSA) is 40.5 Å². The second-order valence-corrected chi connectivity index (χ2v) is 5.78. The van der Waals surface area contributed by atoms with Crippen molar-refractivity contribution in [3.05, 3.63) is 33.8 Å². The molecule has 1 aromatic carbocycles. The normalized spacial score (nSPS) is 23.8. The van der Waals surface area contributed by atoms with Gasteiger partial charge in [0, 0.05) is 12.1 Å². The van der Waals surface area contributed by atoms with Crippen LogP contribution in [0.2, 0.25) is 0 Å². The van der Waals surface area contributed by atoms with Crippen LogP contribution < -0.4 is 0 Å². The maximum absolute atomic E-state index is 13.9. The van der Waals surface area contributed by atoms with Gasteiger partial charge in [0.25, 0.3) is 0 Å². The van der Waals surface area contributed by atoms with Crippen LogP contribution in [0.15, 0.2) is 16.6 Å². The Bertz CT molecular complexity index is 524. The van der Waals surface area contributed by atoms with Gasteiger partial charge in [-0.05, 0) is 54.4 Å². The zero-order chi connectivity index (χ0) is 14.2. The molecule has 0 saturated carbocycles. The van der Waals surface area contributed by atoms with E-state index in [4.69, 9.17) is 0 Å². The Balaban J connectivity index is 2.32. The summed E-state index contributed by atoms with van der Waals surface area (Å²) in [5.41, 5.74) is -1.15. The highest BCUT2D eigenvalue weighted by Gasteiger charge is 2.43. The summed E-state index contributed by atoms with van der Waals surface area (Å²) in [6, 6.07) is 2.48. The van der Waals surface area contributed by atoms with E-state index in [-0.39, 0.29) is 16.6 Å². The lowest BCUT2D eigenvalue weighted by Crippen LogP contribution is -2.47. The quantitative estimate of drug-likeness (QED) is 0.864. The average molecular weight is 334 g/mol. The monoisotopic (exact) mass is 333 g/mol. The maximum Gasteiger partial charge on any atom is 0.323 e. The Morgan fingerprint density at radius 2 is 2.21 bits per heavy atom. The smallest absolute Gasteiger partial charge is 0.323 e. The molecule has 2 rings (SSSR count). The Kier molecular flexibility index (Phi) is 3.92. The van der Waals surface area contributed by atoms with Gasteiger partial charge in [-0.2, -0.15) is 0 Å². The first kappa shape index (κ1) is 14.4. The summed E-state index contributed by atoms with van der Waals surface area (Å²) in [4.78, 5) is 12.9. The molecule has 1 unspecified atom stereocenters. The van der Waals surface area contributed by atoms with Crippen LogP contribution in [0.25, 0.3) is 0 Å². The van der Waals surface area contributed by atoms with Gasteiger partial charge in [-0.25, -0.2) is 8.78 Å². The molecule has 0 bridgehead atoms. The third-order valence-corrected chi connectivity index (χ3v) is 4.35. The molecule has 6 heteroatoms. The zero-order valence-corrected chi connectivity index (χ0v) is 12.0. The van der Waals surface area contributed by atoms with Crippen LogP contribution in [0.5, 0.6) is 0 Å². The minimum absolute atomic E-state index is 0.0418. The summed E-state index contributed by atoms with van der Waals surface area (Å²) in [5, 5.41) is 9.28. The maximum atomic E-state index is 13.9. The standard InChI is InChI=1S/C13H14BrF2NO2/c1-13(12(18)19)5-2-6-17(13)7-8-10(15)4-3-9(14)11(8)16/h3-4H,2,5-7H2,1H3,(H,18,19). The van der Waals surface area contributed by atoms with Crippen molar-refractivity contribution in [1.29, 1.82) is 0 Å². The third-order valence-electron chi connectivity index (χ3n) is 3.74. The number of rotatable bonds is 3. The van der Waals surface area contributed by atoms with Crippen molar-refractivity contribution < 1.29 is 18.7 Å². The Morgan fingerprint density at radius 1 is 1.53 bits per heavy atom. The molecule has 1 fully saturated rings. The summed E-state index contributed by atoms with van der Waals surface area (Å²) in [6.07, 6.45) is 1.19. The summed E-state index contributed by atoms with van der Waals surface area (Å²) in [6.45, 7) is 2.07. The first-order valence-electron chi connectivity index (χ1n) is 5.97. The Labute approximate surface area is 118 Å². The highest BCUT2D eigenvalue weighted by molar-refractivity contribution is 9.10. The molecule has 1 heterocycles. The van der Waals surface area contributed by atoms with Crippen molar-refractivity contribution in [3.8, 4) is 0 Å². The molecule has 1 N–H and O–H groups in total. The highest BCUT2D eigenvalue weighted by Crippen LogP contribution is 2.32. The molecule has 1 saturated heterocycles. The van der Waals surface area contributed by atoms with Crippen molar-refractivity contribution in [2.45, 2.75) is 31.8 Å². The predicted octanol–water partition coefficient (Wildman–Crippen LogP) is 3.17. The van der Waals surface area contributed by atoms with Gasteiger partial charge in [0.05, 0.1) is 4.47 Å². The summed E-state index contributed by atoms with van der Waals surface area (Å²) < 4.78 is 27.8. The fourth-order valence-corrected chi connectivity index (χ4v) is 2.79. The molecule has 0 aromatic heterocycles. The summed E-state index contributed by atoms with van der Waals surface area (Å²) >= 11 is 3.01. The minimum atomic E-state index is -1.05. The molecule has 1 aromatic rings. The Hall–Kier alpha value is -1.01. The van der Waals surface area contributed by atoms with Crippen LogP contribution in [0.4, 0.5) is 8.78 Å². The SMILES string of the molecule is CC1(C(=O)O)CCCN1Cc1c(F)ccc(Br)c1F. The van der Waals surface area contributed by atoms with Crippen LogP contribution in [0, 0.1) is 11.6 Å². The van der Waals surface area contributed by atoms with E-state index in [1.165, 1.54) is 12.1 Å². The number of carbonyl (C=O) groups is 1. The number of halogens is 3. The molecular weight excluding hydrogens is 320 g/mol. The highest BCUT2D eigenvalue weighted by atomic mass is 79.9. The zero-order valence-electron chi connectivity index (χ0n) is 10.4. The fourth-order valence-electron chi connectivity index (χ4n) is 2.42. The van der Waals surface area contributed by atoms with Crippen molar-refractivity contribution in [2.24, 2.45) is 0 Å². The van der Waals surface area contributed by atoms with Gasteiger partial charge in [-0.1, -0.05) is 0 Å². The van der Waals surface area contributed by atoms with E-state index < -0.39 is 23.1 Å². The van der Waals surface area contributed by atoms with Gasteiger partial charge in [0.1, 0.15) is 17.2 Å². The number of likely N-dealkylation sites (tertiary alicyclic amines) is 1. The molecule has 1 aliphatic heterocycles. The number of carboxylic acid groups (broad SMARTS) is 1. The first-order valence-corrected chi connectivity index (χ1v) is 6.76. The number of hydrogen-bond acceptors (Lipinski definition) is 2. The number of carboxylic acids is 1. The van der Waals surface area contributed by atoms with Gasteiger partial charge in [-0.15, -0.1) is 0 Å². The van der Waals surface area contributed by atoms with Crippen molar-refractivity contribution in [1.82, 2.24) is 4.90 Å². The van der Waals surface area contributed by atoms with Gasteiger partial charge in [-0.3, -0.25) is 9.69 Å². The van der Waals surface area contributed by atoms with Gasteiger partial charge in [0.2, 0.25) is 0 Å². The van der Waals surface area contributed by atoms with Gasteiger partial charge < -0.3 is 5.11 Å². The number of aliphatic carboxylic acids is 1. The van der Waals surface area contributed by atoms with E-state index in [1.807, 2.05) is 0 Å². The minimum Gasteiger partial charge on any atom is -0.480 e. The van der Waals surface area contributed by atoms with E-state index >= 15 is 0 Å². The molecule has 0 radical (unpaired) electrons. The van der Waals surface area contributed by atoms with Crippen molar-refractivity contribution >= 4 is 21.9 Å². The number of benzene rings is 1. The lowest BCUT2D eigenvalue weighted by atomic mass is 9.98. The number of nitrogens with zero attached hydrogens (tertiary/aromatic N) is 1. The first-order chi connectivity index (χ1) is 8.86. The molecule has 0 aliphatic carbocycles. The van der Waals surface area contributed by atoms with Crippen LogP contribution in [0.3, 0.4) is 0 Å². The molecule has 0 spiro atoms. The molecule has 1 atom stereocenters. The van der Waals surface area contributed by atoms with E-state index in [0.29, 0.717) is 19.4 Å². The molecular formula is C13H14BrF2NO2. The van der Waals surface area contributed by atoms with Crippen molar-refractivity contribution in [2.75, 3.05) is 6.54 Å². The molecule has 0 amide bonds.